The normalized spacial score (nSPS) is 16.9. The summed E-state index contributed by atoms with van der Waals surface area (Å²) < 4.78 is 70.1. The third kappa shape index (κ3) is 6.37. The maximum Gasteiger partial charge on any atom is 0.416 e. The molecule has 28 heavy (non-hydrogen) atoms. The second kappa shape index (κ2) is 8.28. The molecule has 1 aromatic rings. The zero-order chi connectivity index (χ0) is 21.2. The first-order chi connectivity index (χ1) is 12.8. The van der Waals surface area contributed by atoms with E-state index >= 15 is 0 Å². The molecule has 1 amide bonds. The number of nitrogens with zero attached hydrogens (tertiary/aromatic N) is 1. The van der Waals surface area contributed by atoms with Crippen LogP contribution in [0.15, 0.2) is 29.2 Å². The number of benzene rings is 1. The smallest absolute Gasteiger partial charge is 0.416 e. The van der Waals surface area contributed by atoms with Crippen molar-refractivity contribution < 1.29 is 31.1 Å². The van der Waals surface area contributed by atoms with Crippen LogP contribution in [0.1, 0.15) is 39.2 Å². The first kappa shape index (κ1) is 22.5. The molecular weight excluding hydrogens is 397 g/mol. The summed E-state index contributed by atoms with van der Waals surface area (Å²) >= 11 is 0. The number of amides is 1. The SMILES string of the molecule is CC(C)(C)OC(=O)N1CCC(CNS(=O)(=O)c2ccc(C(F)(F)F)cc2)CC1. The lowest BCUT2D eigenvalue weighted by Crippen LogP contribution is -2.43. The molecule has 0 atom stereocenters. The van der Waals surface area contributed by atoms with Crippen LogP contribution >= 0.6 is 0 Å². The number of nitrogens with one attached hydrogen (secondary N) is 1. The van der Waals surface area contributed by atoms with E-state index in [-0.39, 0.29) is 17.4 Å². The van der Waals surface area contributed by atoms with Crippen molar-refractivity contribution >= 4 is 16.1 Å². The first-order valence-corrected chi connectivity index (χ1v) is 10.4. The fourth-order valence-electron chi connectivity index (χ4n) is 2.78. The topological polar surface area (TPSA) is 75.7 Å². The van der Waals surface area contributed by atoms with Crippen LogP contribution in [0.4, 0.5) is 18.0 Å². The van der Waals surface area contributed by atoms with E-state index in [0.717, 1.165) is 24.3 Å². The second-order valence-electron chi connectivity index (χ2n) is 7.78. The van der Waals surface area contributed by atoms with Crippen molar-refractivity contribution in [2.45, 2.75) is 50.3 Å². The molecule has 158 valence electrons. The molecule has 1 aliphatic heterocycles. The number of carbonyl (C=O) groups is 1. The van der Waals surface area contributed by atoms with Crippen LogP contribution in [-0.2, 0) is 20.9 Å². The number of piperidine rings is 1. The van der Waals surface area contributed by atoms with Gasteiger partial charge in [-0.2, -0.15) is 13.2 Å². The summed E-state index contributed by atoms with van der Waals surface area (Å²) in [7, 11) is -3.90. The average molecular weight is 422 g/mol. The lowest BCUT2D eigenvalue weighted by molar-refractivity contribution is -0.137. The van der Waals surface area contributed by atoms with Gasteiger partial charge in [-0.1, -0.05) is 0 Å². The van der Waals surface area contributed by atoms with Gasteiger partial charge in [0.25, 0.3) is 0 Å². The Morgan fingerprint density at radius 3 is 2.14 bits per heavy atom. The summed E-state index contributed by atoms with van der Waals surface area (Å²) in [6.45, 7) is 6.43. The van der Waals surface area contributed by atoms with Gasteiger partial charge in [-0.25, -0.2) is 17.9 Å². The van der Waals surface area contributed by atoms with Crippen LogP contribution in [-0.4, -0.2) is 44.6 Å². The predicted octanol–water partition coefficient (Wildman–Crippen LogP) is 3.63. The molecule has 0 saturated carbocycles. The number of hydrogen-bond donors (Lipinski definition) is 1. The van der Waals surface area contributed by atoms with Crippen molar-refractivity contribution in [3.05, 3.63) is 29.8 Å². The van der Waals surface area contributed by atoms with E-state index in [1.807, 2.05) is 0 Å². The number of hydrogen-bond acceptors (Lipinski definition) is 4. The minimum absolute atomic E-state index is 0.0305. The van der Waals surface area contributed by atoms with Gasteiger partial charge in [0, 0.05) is 19.6 Å². The van der Waals surface area contributed by atoms with Crippen molar-refractivity contribution in [2.75, 3.05) is 19.6 Å². The van der Waals surface area contributed by atoms with Crippen molar-refractivity contribution in [3.63, 3.8) is 0 Å². The Morgan fingerprint density at radius 1 is 1.14 bits per heavy atom. The summed E-state index contributed by atoms with van der Waals surface area (Å²) in [5, 5.41) is 0. The van der Waals surface area contributed by atoms with Crippen LogP contribution in [0.2, 0.25) is 0 Å². The van der Waals surface area contributed by atoms with Gasteiger partial charge in [-0.3, -0.25) is 0 Å². The molecule has 0 unspecified atom stereocenters. The van der Waals surface area contributed by atoms with Crippen LogP contribution in [0, 0.1) is 5.92 Å². The van der Waals surface area contributed by atoms with Crippen LogP contribution in [0.5, 0.6) is 0 Å². The molecular formula is C18H25F3N2O4S. The third-order valence-electron chi connectivity index (χ3n) is 4.32. The lowest BCUT2D eigenvalue weighted by Gasteiger charge is -2.33. The fraction of sp³-hybridized carbons (Fsp3) is 0.611. The van der Waals surface area contributed by atoms with E-state index in [1.165, 1.54) is 0 Å². The van der Waals surface area contributed by atoms with E-state index in [2.05, 4.69) is 4.72 Å². The van der Waals surface area contributed by atoms with Gasteiger partial charge in [0.05, 0.1) is 10.5 Å². The molecule has 0 aromatic heterocycles. The summed E-state index contributed by atoms with van der Waals surface area (Å²) in [6.07, 6.45) is -3.70. The monoisotopic (exact) mass is 422 g/mol. The minimum atomic E-state index is -4.52. The Labute approximate surface area is 163 Å². The largest absolute Gasteiger partial charge is 0.444 e. The average Bonchev–Trinajstić information content (AvgIpc) is 2.58. The Bertz CT molecular complexity index is 779. The molecule has 0 spiro atoms. The highest BCUT2D eigenvalue weighted by Gasteiger charge is 2.31. The highest BCUT2D eigenvalue weighted by Crippen LogP contribution is 2.29. The van der Waals surface area contributed by atoms with Crippen molar-refractivity contribution in [1.82, 2.24) is 9.62 Å². The zero-order valence-corrected chi connectivity index (χ0v) is 16.9. The van der Waals surface area contributed by atoms with Gasteiger partial charge in [-0.05, 0) is 63.8 Å². The summed E-state index contributed by atoms with van der Waals surface area (Å²) in [5.74, 6) is 0.0305. The Hall–Kier alpha value is -1.81. The number of rotatable bonds is 4. The highest BCUT2D eigenvalue weighted by molar-refractivity contribution is 7.89. The maximum atomic E-state index is 12.6. The molecule has 2 rings (SSSR count). The number of carbonyl (C=O) groups excluding carboxylic acids is 1. The van der Waals surface area contributed by atoms with Gasteiger partial charge in [0.1, 0.15) is 5.60 Å². The van der Waals surface area contributed by atoms with Gasteiger partial charge >= 0.3 is 12.3 Å². The molecule has 0 radical (unpaired) electrons. The van der Waals surface area contributed by atoms with Crippen molar-refractivity contribution in [1.29, 1.82) is 0 Å². The molecule has 1 aromatic carbocycles. The lowest BCUT2D eigenvalue weighted by atomic mass is 9.97. The third-order valence-corrected chi connectivity index (χ3v) is 5.76. The first-order valence-electron chi connectivity index (χ1n) is 8.93. The van der Waals surface area contributed by atoms with Crippen molar-refractivity contribution in [3.8, 4) is 0 Å². The van der Waals surface area contributed by atoms with Gasteiger partial charge < -0.3 is 9.64 Å². The number of likely N-dealkylation sites (tertiary alicyclic amines) is 1. The van der Waals surface area contributed by atoms with Gasteiger partial charge in [0.15, 0.2) is 0 Å². The molecule has 0 aliphatic carbocycles. The molecule has 10 heteroatoms. The Morgan fingerprint density at radius 2 is 1.68 bits per heavy atom. The molecule has 1 N–H and O–H groups in total. The van der Waals surface area contributed by atoms with Gasteiger partial charge in [0.2, 0.25) is 10.0 Å². The van der Waals surface area contributed by atoms with Crippen molar-refractivity contribution in [2.24, 2.45) is 5.92 Å². The number of alkyl halides is 3. The summed E-state index contributed by atoms with van der Waals surface area (Å²) in [6, 6.07) is 3.37. The van der Waals surface area contributed by atoms with Crippen LogP contribution in [0.3, 0.4) is 0 Å². The summed E-state index contributed by atoms with van der Waals surface area (Å²) in [5.41, 5.74) is -1.48. The fourth-order valence-corrected chi connectivity index (χ4v) is 3.90. The quantitative estimate of drug-likeness (QED) is 0.804. The summed E-state index contributed by atoms with van der Waals surface area (Å²) in [4.78, 5) is 13.4. The van der Waals surface area contributed by atoms with Crippen LogP contribution < -0.4 is 4.72 Å². The van der Waals surface area contributed by atoms with Crippen LogP contribution in [0.25, 0.3) is 0 Å². The minimum Gasteiger partial charge on any atom is -0.444 e. The second-order valence-corrected chi connectivity index (χ2v) is 9.55. The van der Waals surface area contributed by atoms with E-state index in [9.17, 15) is 26.4 Å². The van der Waals surface area contributed by atoms with Gasteiger partial charge in [-0.15, -0.1) is 0 Å². The maximum absolute atomic E-state index is 12.6. The van der Waals surface area contributed by atoms with E-state index in [0.29, 0.717) is 25.9 Å². The molecule has 6 nitrogen and oxygen atoms in total. The van der Waals surface area contributed by atoms with E-state index in [4.69, 9.17) is 4.74 Å². The highest BCUT2D eigenvalue weighted by atomic mass is 32.2. The van der Waals surface area contributed by atoms with E-state index in [1.54, 1.807) is 25.7 Å². The number of ether oxygens (including phenoxy) is 1. The standard InChI is InChI=1S/C18H25F3N2O4S/c1-17(2,3)27-16(24)23-10-8-13(9-11-23)12-22-28(25,26)15-6-4-14(5-7-15)18(19,20)21/h4-7,13,22H,8-12H2,1-3H3. The number of sulfonamides is 1. The van der Waals surface area contributed by atoms with E-state index < -0.39 is 33.5 Å². The predicted molar refractivity (Wildman–Crippen MR) is 97.2 cm³/mol. The molecule has 1 saturated heterocycles. The Balaban J connectivity index is 1.86. The molecule has 0 bridgehead atoms. The molecule has 1 fully saturated rings. The Kier molecular flexibility index (Phi) is 6.65. The number of halogens is 3. The molecule has 1 aliphatic rings. The zero-order valence-electron chi connectivity index (χ0n) is 16.0. The molecule has 1 heterocycles.